The van der Waals surface area contributed by atoms with E-state index in [1.54, 1.807) is 9.29 Å². The average Bonchev–Trinajstić information content (AvgIpc) is 2.38. The molecule has 0 spiro atoms. The molecule has 0 heterocycles. The van der Waals surface area contributed by atoms with Crippen LogP contribution in [0.2, 0.25) is 0 Å². The lowest BCUT2D eigenvalue weighted by atomic mass is 9.76. The van der Waals surface area contributed by atoms with E-state index in [0.717, 1.165) is 24.8 Å². The fourth-order valence-electron chi connectivity index (χ4n) is 2.86. The van der Waals surface area contributed by atoms with Gasteiger partial charge in [-0.3, -0.25) is 5.84 Å². The first-order chi connectivity index (χ1) is 9.02. The Balaban J connectivity index is 2.29. The van der Waals surface area contributed by atoms with Gasteiger partial charge in [0.25, 0.3) is 0 Å². The first-order valence-electron chi connectivity index (χ1n) is 6.42. The fourth-order valence-corrected chi connectivity index (χ4v) is 3.48. The Labute approximate surface area is 127 Å². The standard InChI is InChI=1S/C14H17FIN3/c1-9-2-5-12(14(6-9)19(16)18)10-3-4-11(8-17)13(15)7-10/h3-4,7,9,12,14H,2,5-6,18H2,1H3. The number of hydrazine groups is 1. The van der Waals surface area contributed by atoms with Crippen LogP contribution < -0.4 is 5.84 Å². The minimum atomic E-state index is -0.436. The summed E-state index contributed by atoms with van der Waals surface area (Å²) in [7, 11) is 0. The van der Waals surface area contributed by atoms with E-state index < -0.39 is 5.82 Å². The van der Waals surface area contributed by atoms with Crippen LogP contribution in [0.5, 0.6) is 0 Å². The maximum Gasteiger partial charge on any atom is 0.141 e. The summed E-state index contributed by atoms with van der Waals surface area (Å²) in [5.41, 5.74) is 1.05. The van der Waals surface area contributed by atoms with Gasteiger partial charge in [0.05, 0.1) is 5.56 Å². The van der Waals surface area contributed by atoms with Crippen LogP contribution >= 0.6 is 22.9 Å². The minimum Gasteiger partial charge on any atom is -0.259 e. The first kappa shape index (κ1) is 14.7. The van der Waals surface area contributed by atoms with Crippen molar-refractivity contribution in [3.05, 3.63) is 35.1 Å². The monoisotopic (exact) mass is 373 g/mol. The molecule has 1 fully saturated rings. The molecule has 0 aliphatic heterocycles. The highest BCUT2D eigenvalue weighted by Crippen LogP contribution is 2.39. The normalized spacial score (nSPS) is 27.3. The third-order valence-corrected chi connectivity index (χ3v) is 4.65. The zero-order valence-electron chi connectivity index (χ0n) is 10.8. The molecule has 102 valence electrons. The van der Waals surface area contributed by atoms with E-state index in [1.807, 2.05) is 12.1 Å². The van der Waals surface area contributed by atoms with Crippen LogP contribution in [-0.4, -0.2) is 9.26 Å². The first-order valence-corrected chi connectivity index (χ1v) is 7.38. The number of nitriles is 1. The highest BCUT2D eigenvalue weighted by molar-refractivity contribution is 14.1. The van der Waals surface area contributed by atoms with Gasteiger partial charge in [-0.1, -0.05) is 19.4 Å². The molecule has 0 amide bonds. The van der Waals surface area contributed by atoms with Crippen LogP contribution in [0.4, 0.5) is 4.39 Å². The molecular weight excluding hydrogens is 356 g/mol. The molecule has 0 radical (unpaired) electrons. The van der Waals surface area contributed by atoms with Gasteiger partial charge in [-0.2, -0.15) is 8.48 Å². The van der Waals surface area contributed by atoms with Gasteiger partial charge in [0.15, 0.2) is 0 Å². The zero-order chi connectivity index (χ0) is 14.0. The van der Waals surface area contributed by atoms with Crippen LogP contribution in [0.15, 0.2) is 18.2 Å². The van der Waals surface area contributed by atoms with E-state index in [9.17, 15) is 4.39 Å². The second kappa shape index (κ2) is 6.16. The average molecular weight is 373 g/mol. The molecular formula is C14H17FIN3. The van der Waals surface area contributed by atoms with Crippen molar-refractivity contribution in [3.8, 4) is 6.07 Å². The molecule has 0 saturated heterocycles. The van der Waals surface area contributed by atoms with Crippen molar-refractivity contribution in [2.75, 3.05) is 0 Å². The second-order valence-corrected chi connectivity index (χ2v) is 6.40. The molecule has 1 aliphatic rings. The van der Waals surface area contributed by atoms with Gasteiger partial charge in [-0.15, -0.1) is 0 Å². The van der Waals surface area contributed by atoms with Crippen LogP contribution in [0.1, 0.15) is 43.2 Å². The highest BCUT2D eigenvalue weighted by atomic mass is 127. The predicted octanol–water partition coefficient (Wildman–Crippen LogP) is 3.50. The maximum atomic E-state index is 13.7. The van der Waals surface area contributed by atoms with Gasteiger partial charge in [0.2, 0.25) is 0 Å². The van der Waals surface area contributed by atoms with Crippen molar-refractivity contribution < 1.29 is 4.39 Å². The van der Waals surface area contributed by atoms with Crippen LogP contribution in [-0.2, 0) is 0 Å². The fraction of sp³-hybridized carbons (Fsp3) is 0.500. The Morgan fingerprint density at radius 2 is 2.21 bits per heavy atom. The van der Waals surface area contributed by atoms with Gasteiger partial charge < -0.3 is 0 Å². The van der Waals surface area contributed by atoms with Crippen molar-refractivity contribution in [1.29, 1.82) is 5.26 Å². The Bertz CT molecular complexity index is 498. The number of hydrogen-bond donors (Lipinski definition) is 1. The molecule has 3 unspecified atom stereocenters. The van der Waals surface area contributed by atoms with E-state index in [4.69, 9.17) is 11.1 Å². The lowest BCUT2D eigenvalue weighted by Crippen LogP contribution is -2.41. The highest BCUT2D eigenvalue weighted by Gasteiger charge is 2.32. The van der Waals surface area contributed by atoms with Gasteiger partial charge in [-0.05, 0) is 36.5 Å². The third-order valence-electron chi connectivity index (χ3n) is 3.94. The number of benzene rings is 1. The Morgan fingerprint density at radius 3 is 2.79 bits per heavy atom. The molecule has 0 aromatic heterocycles. The Morgan fingerprint density at radius 1 is 1.47 bits per heavy atom. The van der Waals surface area contributed by atoms with E-state index in [0.29, 0.717) is 5.92 Å². The maximum absolute atomic E-state index is 13.7. The number of halogens is 2. The molecule has 1 aromatic rings. The summed E-state index contributed by atoms with van der Waals surface area (Å²) in [5.74, 6) is 6.37. The van der Waals surface area contributed by atoms with Crippen molar-refractivity contribution in [2.45, 2.75) is 38.1 Å². The third kappa shape index (κ3) is 3.25. The number of rotatable bonds is 2. The molecule has 2 N–H and O–H groups in total. The van der Waals surface area contributed by atoms with Gasteiger partial charge >= 0.3 is 0 Å². The summed E-state index contributed by atoms with van der Waals surface area (Å²) in [6.07, 6.45) is 3.16. The largest absolute Gasteiger partial charge is 0.259 e. The Kier molecular flexibility index (Phi) is 4.76. The molecule has 0 bridgehead atoms. The number of nitrogens with two attached hydrogens (primary N) is 1. The molecule has 19 heavy (non-hydrogen) atoms. The van der Waals surface area contributed by atoms with Gasteiger partial charge in [-0.25, -0.2) is 4.39 Å². The Hall–Kier alpha value is -0.710. The lowest BCUT2D eigenvalue weighted by Gasteiger charge is -2.37. The van der Waals surface area contributed by atoms with E-state index in [1.165, 1.54) is 6.07 Å². The van der Waals surface area contributed by atoms with E-state index in [-0.39, 0.29) is 17.5 Å². The summed E-state index contributed by atoms with van der Waals surface area (Å²) in [6, 6.07) is 6.99. The zero-order valence-corrected chi connectivity index (χ0v) is 13.0. The second-order valence-electron chi connectivity index (χ2n) is 5.29. The number of hydrogen-bond acceptors (Lipinski definition) is 3. The van der Waals surface area contributed by atoms with Gasteiger partial charge in [0, 0.05) is 34.8 Å². The summed E-state index contributed by atoms with van der Waals surface area (Å²) in [6.45, 7) is 2.22. The molecule has 1 saturated carbocycles. The smallest absolute Gasteiger partial charge is 0.141 e. The molecule has 5 heteroatoms. The molecule has 1 aromatic carbocycles. The topological polar surface area (TPSA) is 53.0 Å². The van der Waals surface area contributed by atoms with E-state index in [2.05, 4.69) is 29.8 Å². The quantitative estimate of drug-likeness (QED) is 0.374. The summed E-state index contributed by atoms with van der Waals surface area (Å²) < 4.78 is 15.5. The lowest BCUT2D eigenvalue weighted by molar-refractivity contribution is 0.215. The summed E-state index contributed by atoms with van der Waals surface area (Å²) in [4.78, 5) is 0. The van der Waals surface area contributed by atoms with Crippen molar-refractivity contribution >= 4 is 22.9 Å². The van der Waals surface area contributed by atoms with Crippen LogP contribution in [0, 0.1) is 23.1 Å². The summed E-state index contributed by atoms with van der Waals surface area (Å²) in [5, 5.41) is 8.78. The van der Waals surface area contributed by atoms with Crippen molar-refractivity contribution in [2.24, 2.45) is 11.8 Å². The summed E-state index contributed by atoms with van der Waals surface area (Å²) >= 11 is 2.10. The minimum absolute atomic E-state index is 0.101. The SMILES string of the molecule is CC1CCC(c2ccc(C#N)c(F)c2)C(N(N)I)C1. The van der Waals surface area contributed by atoms with Gasteiger partial charge in [0.1, 0.15) is 11.9 Å². The van der Waals surface area contributed by atoms with Crippen LogP contribution in [0.3, 0.4) is 0 Å². The molecule has 3 nitrogen and oxygen atoms in total. The van der Waals surface area contributed by atoms with Crippen molar-refractivity contribution in [3.63, 3.8) is 0 Å². The van der Waals surface area contributed by atoms with Crippen molar-refractivity contribution in [1.82, 2.24) is 3.22 Å². The predicted molar refractivity (Wildman–Crippen MR) is 80.7 cm³/mol. The van der Waals surface area contributed by atoms with Crippen LogP contribution in [0.25, 0.3) is 0 Å². The van der Waals surface area contributed by atoms with E-state index >= 15 is 0 Å². The molecule has 2 rings (SSSR count). The molecule has 3 atom stereocenters. The number of nitrogens with zero attached hydrogens (tertiary/aromatic N) is 2. The molecule has 1 aliphatic carbocycles.